The SMILES string of the molecule is CC(NC(C)C1(C)CC1)c1ccc2[nH]c(=O)[nH]c2c1. The Morgan fingerprint density at radius 2 is 1.89 bits per heavy atom. The Kier molecular flexibility index (Phi) is 2.78. The molecule has 19 heavy (non-hydrogen) atoms. The van der Waals surface area contributed by atoms with Crippen molar-refractivity contribution in [2.24, 2.45) is 5.41 Å². The van der Waals surface area contributed by atoms with Crippen LogP contribution in [-0.2, 0) is 0 Å². The molecule has 0 radical (unpaired) electrons. The van der Waals surface area contributed by atoms with Crippen LogP contribution in [0.2, 0.25) is 0 Å². The zero-order valence-electron chi connectivity index (χ0n) is 11.7. The summed E-state index contributed by atoms with van der Waals surface area (Å²) in [5.41, 5.74) is 3.27. The lowest BCUT2D eigenvalue weighted by Crippen LogP contribution is -2.35. The molecule has 0 aliphatic heterocycles. The van der Waals surface area contributed by atoms with Crippen molar-refractivity contribution in [3.05, 3.63) is 34.2 Å². The Morgan fingerprint density at radius 1 is 1.21 bits per heavy atom. The Bertz CT molecular complexity index is 651. The van der Waals surface area contributed by atoms with Gasteiger partial charge in [-0.1, -0.05) is 13.0 Å². The molecule has 1 heterocycles. The number of aromatic amines is 2. The third-order valence-corrected chi connectivity index (χ3v) is 4.62. The number of fused-ring (bicyclic) bond motifs is 1. The van der Waals surface area contributed by atoms with Crippen molar-refractivity contribution in [2.45, 2.75) is 45.7 Å². The van der Waals surface area contributed by atoms with E-state index in [9.17, 15) is 4.79 Å². The highest BCUT2D eigenvalue weighted by atomic mass is 16.1. The van der Waals surface area contributed by atoms with E-state index in [1.165, 1.54) is 18.4 Å². The summed E-state index contributed by atoms with van der Waals surface area (Å²) in [4.78, 5) is 16.8. The zero-order valence-corrected chi connectivity index (χ0v) is 11.7. The van der Waals surface area contributed by atoms with Crippen molar-refractivity contribution in [1.82, 2.24) is 15.3 Å². The minimum atomic E-state index is -0.147. The third kappa shape index (κ3) is 2.32. The topological polar surface area (TPSA) is 60.7 Å². The normalized spacial score (nSPS) is 20.4. The molecule has 0 spiro atoms. The van der Waals surface area contributed by atoms with E-state index in [2.05, 4.69) is 42.1 Å². The Balaban J connectivity index is 1.80. The Morgan fingerprint density at radius 3 is 2.58 bits per heavy atom. The summed E-state index contributed by atoms with van der Waals surface area (Å²) in [6.45, 7) is 6.78. The highest BCUT2D eigenvalue weighted by Crippen LogP contribution is 2.48. The minimum Gasteiger partial charge on any atom is -0.307 e. The van der Waals surface area contributed by atoms with Crippen molar-refractivity contribution in [3.8, 4) is 0 Å². The predicted molar refractivity (Wildman–Crippen MR) is 77.3 cm³/mol. The third-order valence-electron chi connectivity index (χ3n) is 4.62. The average molecular weight is 259 g/mol. The molecular weight excluding hydrogens is 238 g/mol. The molecule has 1 saturated carbocycles. The second-order valence-corrected chi connectivity index (χ2v) is 6.15. The van der Waals surface area contributed by atoms with Crippen molar-refractivity contribution in [3.63, 3.8) is 0 Å². The van der Waals surface area contributed by atoms with Crippen LogP contribution in [0.15, 0.2) is 23.0 Å². The first-order valence-corrected chi connectivity index (χ1v) is 6.96. The standard InChI is InChI=1S/C15H21N3O/c1-9(16-10(2)15(3)6-7-15)11-4-5-12-13(8-11)18-14(19)17-12/h4-5,8-10,16H,6-7H2,1-3H3,(H2,17,18,19). The maximum absolute atomic E-state index is 11.3. The lowest BCUT2D eigenvalue weighted by molar-refractivity contribution is 0.350. The van der Waals surface area contributed by atoms with E-state index in [0.29, 0.717) is 11.5 Å². The molecule has 1 aliphatic rings. The quantitative estimate of drug-likeness (QED) is 0.790. The molecule has 2 unspecified atom stereocenters. The van der Waals surface area contributed by atoms with Crippen molar-refractivity contribution in [1.29, 1.82) is 0 Å². The number of aromatic nitrogens is 2. The summed E-state index contributed by atoms with van der Waals surface area (Å²) < 4.78 is 0. The second kappa shape index (κ2) is 4.23. The van der Waals surface area contributed by atoms with Crippen molar-refractivity contribution < 1.29 is 0 Å². The molecule has 1 aromatic carbocycles. The van der Waals surface area contributed by atoms with Crippen molar-refractivity contribution >= 4 is 11.0 Å². The number of hydrogen-bond acceptors (Lipinski definition) is 2. The molecule has 3 rings (SSSR count). The maximum atomic E-state index is 11.3. The van der Waals surface area contributed by atoms with Crippen LogP contribution >= 0.6 is 0 Å². The molecule has 1 aliphatic carbocycles. The van der Waals surface area contributed by atoms with E-state index in [1.807, 2.05) is 12.1 Å². The number of benzene rings is 1. The number of nitrogens with one attached hydrogen (secondary N) is 3. The highest BCUT2D eigenvalue weighted by molar-refractivity contribution is 5.75. The van der Waals surface area contributed by atoms with Crippen LogP contribution in [0.25, 0.3) is 11.0 Å². The molecule has 2 atom stereocenters. The largest absolute Gasteiger partial charge is 0.323 e. The monoisotopic (exact) mass is 259 g/mol. The molecule has 1 aromatic heterocycles. The van der Waals surface area contributed by atoms with Gasteiger partial charge in [-0.05, 0) is 49.8 Å². The summed E-state index contributed by atoms with van der Waals surface area (Å²) >= 11 is 0. The molecule has 1 fully saturated rings. The van der Waals surface area contributed by atoms with Gasteiger partial charge in [-0.25, -0.2) is 4.79 Å². The van der Waals surface area contributed by atoms with Crippen LogP contribution in [0, 0.1) is 5.41 Å². The fraction of sp³-hybridized carbons (Fsp3) is 0.533. The van der Waals surface area contributed by atoms with Gasteiger partial charge in [-0.15, -0.1) is 0 Å². The number of imidazole rings is 1. The molecular formula is C15H21N3O. The number of rotatable bonds is 4. The van der Waals surface area contributed by atoms with Gasteiger partial charge in [0, 0.05) is 12.1 Å². The van der Waals surface area contributed by atoms with Crippen LogP contribution in [0.3, 0.4) is 0 Å². The summed E-state index contributed by atoms with van der Waals surface area (Å²) in [6, 6.07) is 6.89. The van der Waals surface area contributed by atoms with Gasteiger partial charge in [0.2, 0.25) is 0 Å². The summed E-state index contributed by atoms with van der Waals surface area (Å²) in [5.74, 6) is 0. The molecule has 0 saturated heterocycles. The van der Waals surface area contributed by atoms with Crippen molar-refractivity contribution in [2.75, 3.05) is 0 Å². The van der Waals surface area contributed by atoms with Crippen LogP contribution in [-0.4, -0.2) is 16.0 Å². The van der Waals surface area contributed by atoms with Gasteiger partial charge in [0.05, 0.1) is 11.0 Å². The predicted octanol–water partition coefficient (Wildman–Crippen LogP) is 2.70. The molecule has 102 valence electrons. The van der Waals surface area contributed by atoms with Gasteiger partial charge >= 0.3 is 5.69 Å². The molecule has 4 heteroatoms. The molecule has 4 nitrogen and oxygen atoms in total. The second-order valence-electron chi connectivity index (χ2n) is 6.15. The first-order valence-electron chi connectivity index (χ1n) is 6.96. The molecule has 0 bridgehead atoms. The van der Waals surface area contributed by atoms with E-state index in [0.717, 1.165) is 11.0 Å². The first-order chi connectivity index (χ1) is 8.98. The number of H-pyrrole nitrogens is 2. The fourth-order valence-electron chi connectivity index (χ4n) is 2.62. The Labute approximate surface area is 112 Å². The first kappa shape index (κ1) is 12.5. The Hall–Kier alpha value is -1.55. The summed E-state index contributed by atoms with van der Waals surface area (Å²) in [7, 11) is 0. The van der Waals surface area contributed by atoms with Gasteiger partial charge in [0.15, 0.2) is 0 Å². The van der Waals surface area contributed by atoms with Gasteiger partial charge in [0.1, 0.15) is 0 Å². The van der Waals surface area contributed by atoms with Crippen LogP contribution in [0.5, 0.6) is 0 Å². The number of hydrogen-bond donors (Lipinski definition) is 3. The molecule has 3 N–H and O–H groups in total. The van der Waals surface area contributed by atoms with Gasteiger partial charge in [0.25, 0.3) is 0 Å². The maximum Gasteiger partial charge on any atom is 0.323 e. The average Bonchev–Trinajstić information content (AvgIpc) is 3.00. The fourth-order valence-corrected chi connectivity index (χ4v) is 2.62. The van der Waals surface area contributed by atoms with Gasteiger partial charge in [-0.3, -0.25) is 0 Å². The van der Waals surface area contributed by atoms with E-state index in [4.69, 9.17) is 0 Å². The van der Waals surface area contributed by atoms with E-state index < -0.39 is 0 Å². The van der Waals surface area contributed by atoms with E-state index >= 15 is 0 Å². The van der Waals surface area contributed by atoms with Gasteiger partial charge < -0.3 is 15.3 Å². The molecule has 0 amide bonds. The lowest BCUT2D eigenvalue weighted by atomic mass is 9.98. The molecule has 2 aromatic rings. The van der Waals surface area contributed by atoms with Crippen LogP contribution < -0.4 is 11.0 Å². The minimum absolute atomic E-state index is 0.147. The smallest absolute Gasteiger partial charge is 0.307 e. The van der Waals surface area contributed by atoms with Crippen LogP contribution in [0.4, 0.5) is 0 Å². The van der Waals surface area contributed by atoms with Gasteiger partial charge in [-0.2, -0.15) is 0 Å². The summed E-state index contributed by atoms with van der Waals surface area (Å²) in [6.07, 6.45) is 2.64. The zero-order chi connectivity index (χ0) is 13.6. The van der Waals surface area contributed by atoms with E-state index in [-0.39, 0.29) is 11.7 Å². The van der Waals surface area contributed by atoms with Crippen LogP contribution in [0.1, 0.15) is 45.2 Å². The highest BCUT2D eigenvalue weighted by Gasteiger charge is 2.42. The van der Waals surface area contributed by atoms with E-state index in [1.54, 1.807) is 0 Å². The lowest BCUT2D eigenvalue weighted by Gasteiger charge is -2.25. The summed E-state index contributed by atoms with van der Waals surface area (Å²) in [5, 5.41) is 3.67.